The van der Waals surface area contributed by atoms with Gasteiger partial charge in [-0.05, 0) is 29.7 Å². The highest BCUT2D eigenvalue weighted by Gasteiger charge is 2.25. The third-order valence-electron chi connectivity index (χ3n) is 3.51. The Bertz CT molecular complexity index is 522. The zero-order valence-corrected chi connectivity index (χ0v) is 13.5. The van der Waals surface area contributed by atoms with Gasteiger partial charge in [0.15, 0.2) is 0 Å². The number of carbonyl (C=O) groups excluding carboxylic acids is 2. The number of hydrogen-bond donors (Lipinski definition) is 1. The highest BCUT2D eigenvalue weighted by Crippen LogP contribution is 2.12. The van der Waals surface area contributed by atoms with E-state index in [0.717, 1.165) is 17.7 Å². The van der Waals surface area contributed by atoms with Gasteiger partial charge in [0, 0.05) is 6.08 Å². The van der Waals surface area contributed by atoms with Crippen molar-refractivity contribution in [3.05, 3.63) is 35.9 Å². The molecule has 5 heteroatoms. The number of amides is 1. The van der Waals surface area contributed by atoms with E-state index in [1.165, 1.54) is 13.2 Å². The Labute approximate surface area is 131 Å². The molecule has 1 aromatic rings. The number of esters is 1. The first-order valence-electron chi connectivity index (χ1n) is 7.22. The monoisotopic (exact) mass is 305 g/mol. The lowest BCUT2D eigenvalue weighted by molar-refractivity contribution is -0.146. The second kappa shape index (κ2) is 8.87. The van der Waals surface area contributed by atoms with Gasteiger partial charge in [-0.1, -0.05) is 32.4 Å². The van der Waals surface area contributed by atoms with Crippen LogP contribution in [0.3, 0.4) is 0 Å². The zero-order valence-electron chi connectivity index (χ0n) is 13.5. The maximum atomic E-state index is 12.0. The molecule has 0 radical (unpaired) electrons. The van der Waals surface area contributed by atoms with Crippen molar-refractivity contribution in [2.75, 3.05) is 14.2 Å². The Hall–Kier alpha value is -2.30. The molecule has 0 aliphatic carbocycles. The van der Waals surface area contributed by atoms with Crippen molar-refractivity contribution in [3.63, 3.8) is 0 Å². The predicted molar refractivity (Wildman–Crippen MR) is 85.4 cm³/mol. The summed E-state index contributed by atoms with van der Waals surface area (Å²) in [6, 6.07) is 6.68. The van der Waals surface area contributed by atoms with Crippen LogP contribution in [0.25, 0.3) is 6.08 Å². The summed E-state index contributed by atoms with van der Waals surface area (Å²) in [6.07, 6.45) is 3.85. The molecule has 0 unspecified atom stereocenters. The highest BCUT2D eigenvalue weighted by molar-refractivity contribution is 5.94. The Kier molecular flexibility index (Phi) is 7.16. The molecule has 0 spiro atoms. The summed E-state index contributed by atoms with van der Waals surface area (Å²) in [7, 11) is 2.91. The number of carbonyl (C=O) groups is 2. The lowest BCUT2D eigenvalue weighted by Gasteiger charge is -2.20. The number of hydrogen-bond acceptors (Lipinski definition) is 4. The van der Waals surface area contributed by atoms with Crippen molar-refractivity contribution in [2.45, 2.75) is 26.3 Å². The molecule has 0 heterocycles. The molecule has 0 aliphatic heterocycles. The second-order valence-electron chi connectivity index (χ2n) is 5.00. The standard InChI is InChI=1S/C17H23NO4/c1-5-12(2)16(17(20)22-4)18-15(19)11-8-13-6-9-14(21-3)10-7-13/h6-12,16H,5H2,1-4H3,(H,18,19)/b11-8+/t12-,16+/m0/s1. The fourth-order valence-corrected chi connectivity index (χ4v) is 1.88. The third kappa shape index (κ3) is 5.24. The van der Waals surface area contributed by atoms with Gasteiger partial charge in [0.05, 0.1) is 14.2 Å². The fraction of sp³-hybridized carbons (Fsp3) is 0.412. The lowest BCUT2D eigenvalue weighted by atomic mass is 9.99. The van der Waals surface area contributed by atoms with E-state index in [1.807, 2.05) is 38.1 Å². The van der Waals surface area contributed by atoms with Gasteiger partial charge in [-0.25, -0.2) is 4.79 Å². The largest absolute Gasteiger partial charge is 0.497 e. The summed E-state index contributed by atoms with van der Waals surface area (Å²) in [6.45, 7) is 3.86. The Morgan fingerprint density at radius 2 is 1.86 bits per heavy atom. The second-order valence-corrected chi connectivity index (χ2v) is 5.00. The molecule has 0 saturated carbocycles. The summed E-state index contributed by atoms with van der Waals surface area (Å²) in [5.41, 5.74) is 0.870. The molecule has 0 aromatic heterocycles. The minimum atomic E-state index is -0.636. The summed E-state index contributed by atoms with van der Waals surface area (Å²) in [5, 5.41) is 2.69. The molecule has 1 rings (SSSR count). The maximum absolute atomic E-state index is 12.0. The van der Waals surface area contributed by atoms with Crippen molar-refractivity contribution in [2.24, 2.45) is 5.92 Å². The molecule has 1 aromatic carbocycles. The van der Waals surface area contributed by atoms with Crippen LogP contribution in [0.4, 0.5) is 0 Å². The molecule has 2 atom stereocenters. The van der Waals surface area contributed by atoms with Crippen LogP contribution in [0, 0.1) is 5.92 Å². The number of nitrogens with one attached hydrogen (secondary N) is 1. The van der Waals surface area contributed by atoms with Crippen LogP contribution >= 0.6 is 0 Å². The summed E-state index contributed by atoms with van der Waals surface area (Å²) < 4.78 is 9.80. The van der Waals surface area contributed by atoms with E-state index >= 15 is 0 Å². The van der Waals surface area contributed by atoms with Crippen molar-refractivity contribution in [1.82, 2.24) is 5.32 Å². The minimum Gasteiger partial charge on any atom is -0.497 e. The third-order valence-corrected chi connectivity index (χ3v) is 3.51. The maximum Gasteiger partial charge on any atom is 0.328 e. The van der Waals surface area contributed by atoms with E-state index in [1.54, 1.807) is 13.2 Å². The van der Waals surface area contributed by atoms with Gasteiger partial charge in [0.1, 0.15) is 11.8 Å². The van der Waals surface area contributed by atoms with Crippen LogP contribution in [0.15, 0.2) is 30.3 Å². The highest BCUT2D eigenvalue weighted by atomic mass is 16.5. The van der Waals surface area contributed by atoms with Crippen LogP contribution in [-0.2, 0) is 14.3 Å². The first kappa shape index (κ1) is 17.8. The first-order chi connectivity index (χ1) is 10.5. The molecule has 0 saturated heterocycles. The van der Waals surface area contributed by atoms with Gasteiger partial charge in [-0.2, -0.15) is 0 Å². The molecule has 0 fully saturated rings. The molecule has 120 valence electrons. The van der Waals surface area contributed by atoms with Crippen LogP contribution < -0.4 is 10.1 Å². The van der Waals surface area contributed by atoms with Crippen molar-refractivity contribution in [1.29, 1.82) is 0 Å². The topological polar surface area (TPSA) is 64.6 Å². The molecule has 0 aliphatic rings. The summed E-state index contributed by atoms with van der Waals surface area (Å²) >= 11 is 0. The van der Waals surface area contributed by atoms with Gasteiger partial charge in [-0.3, -0.25) is 4.79 Å². The predicted octanol–water partition coefficient (Wildman–Crippen LogP) is 2.41. The average molecular weight is 305 g/mol. The van der Waals surface area contributed by atoms with E-state index in [-0.39, 0.29) is 11.8 Å². The van der Waals surface area contributed by atoms with Crippen molar-refractivity contribution in [3.8, 4) is 5.75 Å². The van der Waals surface area contributed by atoms with Gasteiger partial charge < -0.3 is 14.8 Å². The number of rotatable bonds is 7. The fourth-order valence-electron chi connectivity index (χ4n) is 1.88. The van der Waals surface area contributed by atoms with Crippen LogP contribution in [0.1, 0.15) is 25.8 Å². The van der Waals surface area contributed by atoms with Crippen molar-refractivity contribution >= 4 is 18.0 Å². The first-order valence-corrected chi connectivity index (χ1v) is 7.22. The molecule has 22 heavy (non-hydrogen) atoms. The van der Waals surface area contributed by atoms with E-state index < -0.39 is 12.0 Å². The van der Waals surface area contributed by atoms with Gasteiger partial charge in [0.2, 0.25) is 5.91 Å². The van der Waals surface area contributed by atoms with E-state index in [2.05, 4.69) is 5.32 Å². The van der Waals surface area contributed by atoms with E-state index in [9.17, 15) is 9.59 Å². The number of benzene rings is 1. The van der Waals surface area contributed by atoms with E-state index in [0.29, 0.717) is 0 Å². The Balaban J connectivity index is 2.69. The smallest absolute Gasteiger partial charge is 0.328 e. The Morgan fingerprint density at radius 1 is 1.23 bits per heavy atom. The van der Waals surface area contributed by atoms with Gasteiger partial charge >= 0.3 is 5.97 Å². The normalized spacial score (nSPS) is 13.5. The van der Waals surface area contributed by atoms with E-state index in [4.69, 9.17) is 9.47 Å². The average Bonchev–Trinajstić information content (AvgIpc) is 2.56. The Morgan fingerprint density at radius 3 is 2.36 bits per heavy atom. The molecule has 1 N–H and O–H groups in total. The quantitative estimate of drug-likeness (QED) is 0.620. The van der Waals surface area contributed by atoms with Crippen molar-refractivity contribution < 1.29 is 19.1 Å². The van der Waals surface area contributed by atoms with Gasteiger partial charge in [-0.15, -0.1) is 0 Å². The summed E-state index contributed by atoms with van der Waals surface area (Å²) in [5.74, 6) is 0.00183. The molecular weight excluding hydrogens is 282 g/mol. The van der Waals surface area contributed by atoms with Gasteiger partial charge in [0.25, 0.3) is 0 Å². The van der Waals surface area contributed by atoms with Crippen LogP contribution in [0.2, 0.25) is 0 Å². The molecule has 1 amide bonds. The lowest BCUT2D eigenvalue weighted by Crippen LogP contribution is -2.45. The summed E-state index contributed by atoms with van der Waals surface area (Å²) in [4.78, 5) is 23.7. The minimum absolute atomic E-state index is 0.00536. The number of methoxy groups -OCH3 is 2. The molecule has 5 nitrogen and oxygen atoms in total. The number of ether oxygens (including phenoxy) is 2. The zero-order chi connectivity index (χ0) is 16.5. The SMILES string of the molecule is CC[C@H](C)[C@@H](NC(=O)/C=C/c1ccc(OC)cc1)C(=O)OC. The van der Waals surface area contributed by atoms with Crippen LogP contribution in [-0.4, -0.2) is 32.1 Å². The van der Waals surface area contributed by atoms with Crippen LogP contribution in [0.5, 0.6) is 5.75 Å². The molecule has 0 bridgehead atoms. The molecular formula is C17H23NO4.